The van der Waals surface area contributed by atoms with Crippen molar-refractivity contribution in [1.82, 2.24) is 5.16 Å². The molecule has 2 aromatic rings. The second kappa shape index (κ2) is 5.20. The molecule has 0 saturated heterocycles. The Hall–Kier alpha value is -1.79. The maximum atomic E-state index is 11.3. The molecule has 0 N–H and O–H groups in total. The van der Waals surface area contributed by atoms with E-state index in [0.717, 1.165) is 41.4 Å². The lowest BCUT2D eigenvalue weighted by molar-refractivity contribution is -0.109. The highest BCUT2D eigenvalue weighted by Gasteiger charge is 2.47. The number of aryl methyl sites for hydroxylation is 1. The molecule has 6 heteroatoms. The van der Waals surface area contributed by atoms with E-state index in [-0.39, 0.29) is 5.75 Å². The number of carbonyl (C=O) groups excluding carboxylic acids is 1. The summed E-state index contributed by atoms with van der Waals surface area (Å²) in [6.45, 7) is 1.86. The highest BCUT2D eigenvalue weighted by Crippen LogP contribution is 2.49. The summed E-state index contributed by atoms with van der Waals surface area (Å²) in [5.41, 5.74) is 2.69. The fraction of sp³-hybridized carbons (Fsp3) is 0.333. The van der Waals surface area contributed by atoms with Crippen molar-refractivity contribution >= 4 is 17.4 Å². The third kappa shape index (κ3) is 2.56. The zero-order valence-corrected chi connectivity index (χ0v) is 12.3. The summed E-state index contributed by atoms with van der Waals surface area (Å²) in [4.78, 5) is 11.3. The number of aldehydes is 1. The average molecular weight is 304 g/mol. The minimum absolute atomic E-state index is 0.0397. The molecule has 1 fully saturated rings. The molecule has 5 nitrogen and oxygen atoms in total. The van der Waals surface area contributed by atoms with E-state index < -0.39 is 16.5 Å². The van der Waals surface area contributed by atoms with Crippen LogP contribution in [0.3, 0.4) is 0 Å². The smallest absolute Gasteiger partial charge is 0.171 e. The first-order valence-electron chi connectivity index (χ1n) is 6.63. The van der Waals surface area contributed by atoms with Crippen LogP contribution in [0.4, 0.5) is 0 Å². The highest BCUT2D eigenvalue weighted by atomic mass is 32.2. The van der Waals surface area contributed by atoms with E-state index in [4.69, 9.17) is 4.52 Å². The molecule has 0 bridgehead atoms. The van der Waals surface area contributed by atoms with Crippen LogP contribution in [-0.2, 0) is 27.0 Å². The number of nitrogens with zero attached hydrogens (tertiary/aromatic N) is 1. The first kappa shape index (κ1) is 14.2. The van der Waals surface area contributed by atoms with Crippen LogP contribution in [-0.4, -0.2) is 20.2 Å². The van der Waals surface area contributed by atoms with Crippen molar-refractivity contribution in [3.8, 4) is 11.3 Å². The number of benzene rings is 1. The number of hydrogen-bond acceptors (Lipinski definition) is 5. The molecule has 110 valence electrons. The van der Waals surface area contributed by atoms with Gasteiger partial charge in [0, 0.05) is 16.9 Å². The van der Waals surface area contributed by atoms with Crippen LogP contribution in [0.5, 0.6) is 0 Å². The van der Waals surface area contributed by atoms with Gasteiger partial charge in [0.25, 0.3) is 0 Å². The van der Waals surface area contributed by atoms with Gasteiger partial charge in [-0.2, -0.15) is 0 Å². The standard InChI is InChI=1S/C15H15NO4S/c1-10-2-3-11(6-12(10)8-21(18)19)14-13(7-16-20-14)15(9-17)4-5-15/h2-3,6-7,9H,4-5,8H2,1H3,(H,18,19)/p-1. The third-order valence-electron chi connectivity index (χ3n) is 4.01. The van der Waals surface area contributed by atoms with Crippen molar-refractivity contribution < 1.29 is 18.1 Å². The topological polar surface area (TPSA) is 83.2 Å². The molecule has 1 aliphatic carbocycles. The molecular formula is C15H14NO4S-. The molecular weight excluding hydrogens is 290 g/mol. The van der Waals surface area contributed by atoms with Gasteiger partial charge in [0.05, 0.1) is 11.6 Å². The van der Waals surface area contributed by atoms with Crippen molar-refractivity contribution in [3.05, 3.63) is 41.1 Å². The van der Waals surface area contributed by atoms with Crippen LogP contribution in [0, 0.1) is 6.92 Å². The maximum absolute atomic E-state index is 11.3. The second-order valence-electron chi connectivity index (χ2n) is 5.43. The van der Waals surface area contributed by atoms with Gasteiger partial charge in [-0.05, 0) is 37.0 Å². The van der Waals surface area contributed by atoms with E-state index in [1.807, 2.05) is 19.1 Å². The lowest BCUT2D eigenvalue weighted by Gasteiger charge is -2.11. The molecule has 3 rings (SSSR count). The third-order valence-corrected chi connectivity index (χ3v) is 4.55. The number of carbonyl (C=O) groups is 1. The van der Waals surface area contributed by atoms with E-state index in [1.54, 1.807) is 12.3 Å². The summed E-state index contributed by atoms with van der Waals surface area (Å²) < 4.78 is 27.2. The summed E-state index contributed by atoms with van der Waals surface area (Å²) in [5.74, 6) is 0.514. The summed E-state index contributed by atoms with van der Waals surface area (Å²) in [6, 6.07) is 5.50. The normalized spacial score (nSPS) is 17.4. The fourth-order valence-electron chi connectivity index (χ4n) is 2.48. The highest BCUT2D eigenvalue weighted by molar-refractivity contribution is 7.78. The molecule has 1 aromatic carbocycles. The van der Waals surface area contributed by atoms with E-state index in [2.05, 4.69) is 5.16 Å². The number of aromatic nitrogens is 1. The van der Waals surface area contributed by atoms with Gasteiger partial charge < -0.3 is 13.9 Å². The van der Waals surface area contributed by atoms with Gasteiger partial charge in [0.1, 0.15) is 6.29 Å². The van der Waals surface area contributed by atoms with Crippen molar-refractivity contribution in [1.29, 1.82) is 0 Å². The second-order valence-corrected chi connectivity index (χ2v) is 6.33. The molecule has 0 spiro atoms. The molecule has 1 atom stereocenters. The van der Waals surface area contributed by atoms with Crippen LogP contribution in [0.1, 0.15) is 29.5 Å². The van der Waals surface area contributed by atoms with Crippen LogP contribution >= 0.6 is 0 Å². The Bertz CT molecular complexity index is 718. The summed E-state index contributed by atoms with van der Waals surface area (Å²) in [6.07, 6.45) is 4.13. The fourth-order valence-corrected chi connectivity index (χ4v) is 3.05. The van der Waals surface area contributed by atoms with E-state index in [9.17, 15) is 13.6 Å². The predicted octanol–water partition coefficient (Wildman–Crippen LogP) is 2.26. The minimum Gasteiger partial charge on any atom is -0.772 e. The monoisotopic (exact) mass is 304 g/mol. The average Bonchev–Trinajstić information content (AvgIpc) is 3.10. The van der Waals surface area contributed by atoms with Crippen LogP contribution in [0.15, 0.2) is 28.9 Å². The van der Waals surface area contributed by atoms with Gasteiger partial charge in [0.2, 0.25) is 0 Å². The van der Waals surface area contributed by atoms with Crippen LogP contribution < -0.4 is 0 Å². The van der Waals surface area contributed by atoms with Crippen LogP contribution in [0.2, 0.25) is 0 Å². The van der Waals surface area contributed by atoms with Gasteiger partial charge in [0.15, 0.2) is 5.76 Å². The van der Waals surface area contributed by atoms with Gasteiger partial charge in [-0.1, -0.05) is 28.4 Å². The van der Waals surface area contributed by atoms with Crippen molar-refractivity contribution in [3.63, 3.8) is 0 Å². The van der Waals surface area contributed by atoms with E-state index >= 15 is 0 Å². The summed E-state index contributed by atoms with van der Waals surface area (Å²) in [5, 5.41) is 3.81. The molecule has 1 aromatic heterocycles. The molecule has 1 unspecified atom stereocenters. The zero-order chi connectivity index (χ0) is 15.0. The first-order chi connectivity index (χ1) is 10.1. The molecule has 1 saturated carbocycles. The largest absolute Gasteiger partial charge is 0.772 e. The number of hydrogen-bond donors (Lipinski definition) is 0. The maximum Gasteiger partial charge on any atom is 0.171 e. The quantitative estimate of drug-likeness (QED) is 0.625. The molecule has 1 heterocycles. The predicted molar refractivity (Wildman–Crippen MR) is 76.3 cm³/mol. The van der Waals surface area contributed by atoms with Gasteiger partial charge in [-0.3, -0.25) is 4.21 Å². The Morgan fingerprint density at radius 2 is 2.24 bits per heavy atom. The van der Waals surface area contributed by atoms with E-state index in [0.29, 0.717) is 5.76 Å². The van der Waals surface area contributed by atoms with Gasteiger partial charge >= 0.3 is 0 Å². The lowest BCUT2D eigenvalue weighted by Crippen LogP contribution is -2.07. The van der Waals surface area contributed by atoms with Crippen molar-refractivity contribution in [2.24, 2.45) is 0 Å². The van der Waals surface area contributed by atoms with Crippen molar-refractivity contribution in [2.75, 3.05) is 0 Å². The minimum atomic E-state index is -2.15. The first-order valence-corrected chi connectivity index (χ1v) is 7.87. The molecule has 0 radical (unpaired) electrons. The zero-order valence-electron chi connectivity index (χ0n) is 11.5. The SMILES string of the molecule is Cc1ccc(-c2oncc2C2(C=O)CC2)cc1CS(=O)[O-]. The summed E-state index contributed by atoms with van der Waals surface area (Å²) in [7, 11) is 0. The van der Waals surface area contributed by atoms with E-state index in [1.165, 1.54) is 0 Å². The van der Waals surface area contributed by atoms with Crippen LogP contribution in [0.25, 0.3) is 11.3 Å². The Morgan fingerprint density at radius 1 is 1.48 bits per heavy atom. The van der Waals surface area contributed by atoms with Gasteiger partial charge in [-0.15, -0.1) is 0 Å². The van der Waals surface area contributed by atoms with Crippen molar-refractivity contribution in [2.45, 2.75) is 30.9 Å². The number of rotatable bonds is 5. The Kier molecular flexibility index (Phi) is 3.51. The Morgan fingerprint density at radius 3 is 2.86 bits per heavy atom. The lowest BCUT2D eigenvalue weighted by atomic mass is 9.94. The van der Waals surface area contributed by atoms with Gasteiger partial charge in [-0.25, -0.2) is 0 Å². The summed E-state index contributed by atoms with van der Waals surface area (Å²) >= 11 is -2.15. The Labute approximate surface area is 124 Å². The molecule has 21 heavy (non-hydrogen) atoms. The Balaban J connectivity index is 2.04. The molecule has 0 aliphatic heterocycles. The molecule has 1 aliphatic rings. The molecule has 0 amide bonds.